The fourth-order valence-corrected chi connectivity index (χ4v) is 4.36. The Morgan fingerprint density at radius 2 is 1.91 bits per heavy atom. The summed E-state index contributed by atoms with van der Waals surface area (Å²) in [6.07, 6.45) is -0.752. The van der Waals surface area contributed by atoms with E-state index in [4.69, 9.17) is 14.6 Å². The quantitative estimate of drug-likeness (QED) is 0.584. The average molecular weight is 465 g/mol. The van der Waals surface area contributed by atoms with Gasteiger partial charge in [0.05, 0.1) is 18.4 Å². The van der Waals surface area contributed by atoms with Gasteiger partial charge in [-0.2, -0.15) is 8.78 Å². The molecule has 1 atom stereocenters. The van der Waals surface area contributed by atoms with Gasteiger partial charge in [0.15, 0.2) is 11.6 Å². The van der Waals surface area contributed by atoms with E-state index in [1.54, 1.807) is 30.3 Å². The second kappa shape index (κ2) is 8.36. The molecule has 0 fully saturated rings. The van der Waals surface area contributed by atoms with Crippen LogP contribution >= 0.6 is 0 Å². The lowest BCUT2D eigenvalue weighted by molar-refractivity contribution is -0.0519. The molecule has 10 heteroatoms. The Bertz CT molecular complexity index is 1280. The number of sulfonamides is 1. The third-order valence-electron chi connectivity index (χ3n) is 4.96. The van der Waals surface area contributed by atoms with Crippen LogP contribution in [0.3, 0.4) is 0 Å². The van der Waals surface area contributed by atoms with E-state index in [9.17, 15) is 21.6 Å². The van der Waals surface area contributed by atoms with Crippen molar-refractivity contribution in [1.82, 2.24) is 0 Å². The number of halogens is 3. The number of methoxy groups -OCH3 is 1. The molecule has 6 nitrogen and oxygen atoms in total. The van der Waals surface area contributed by atoms with Crippen molar-refractivity contribution < 1.29 is 35.8 Å². The monoisotopic (exact) mass is 465 g/mol. The number of alkyl halides is 2. The molecular weight excluding hydrogens is 447 g/mol. The molecule has 168 valence electrons. The second-order valence-electron chi connectivity index (χ2n) is 7.13. The van der Waals surface area contributed by atoms with Gasteiger partial charge in [0.25, 0.3) is 0 Å². The summed E-state index contributed by atoms with van der Waals surface area (Å²) in [5.41, 5.74) is 1.84. The zero-order valence-electron chi connectivity index (χ0n) is 16.7. The molecule has 0 saturated heterocycles. The van der Waals surface area contributed by atoms with Crippen LogP contribution in [0.2, 0.25) is 0 Å². The maximum Gasteiger partial charge on any atom is 0.387 e. The predicted octanol–water partition coefficient (Wildman–Crippen LogP) is 4.37. The summed E-state index contributed by atoms with van der Waals surface area (Å²) in [6.45, 7) is -3.25. The first-order valence-corrected chi connectivity index (χ1v) is 11.1. The van der Waals surface area contributed by atoms with E-state index in [1.807, 2.05) is 0 Å². The molecular formula is C22H18F3NO5S. The Morgan fingerprint density at radius 1 is 1.12 bits per heavy atom. The molecule has 0 saturated carbocycles. The molecule has 1 heterocycles. The van der Waals surface area contributed by atoms with Gasteiger partial charge in [-0.05, 0) is 35.4 Å². The van der Waals surface area contributed by atoms with Gasteiger partial charge in [0, 0.05) is 11.1 Å². The van der Waals surface area contributed by atoms with Crippen LogP contribution in [-0.4, -0.2) is 22.1 Å². The molecule has 0 spiro atoms. The fraction of sp³-hybridized carbons (Fsp3) is 0.182. The molecule has 32 heavy (non-hydrogen) atoms. The largest absolute Gasteiger partial charge is 0.497 e. The minimum Gasteiger partial charge on any atom is -0.497 e. The van der Waals surface area contributed by atoms with Crippen LogP contribution in [0.1, 0.15) is 22.8 Å². The zero-order chi connectivity index (χ0) is 23.0. The topological polar surface area (TPSA) is 87.8 Å². The van der Waals surface area contributed by atoms with Crippen molar-refractivity contribution in [2.45, 2.75) is 18.5 Å². The van der Waals surface area contributed by atoms with Gasteiger partial charge in [-0.1, -0.05) is 30.3 Å². The average Bonchev–Trinajstić information content (AvgIpc) is 2.73. The van der Waals surface area contributed by atoms with Gasteiger partial charge in [-0.3, -0.25) is 0 Å². The van der Waals surface area contributed by atoms with E-state index in [0.29, 0.717) is 28.0 Å². The Morgan fingerprint density at radius 3 is 2.59 bits per heavy atom. The van der Waals surface area contributed by atoms with Crippen LogP contribution in [0.25, 0.3) is 11.1 Å². The first-order valence-electron chi connectivity index (χ1n) is 9.38. The zero-order valence-corrected chi connectivity index (χ0v) is 17.5. The lowest BCUT2D eigenvalue weighted by Crippen LogP contribution is -2.19. The fourth-order valence-electron chi connectivity index (χ4n) is 3.72. The number of ether oxygens (including phenoxy) is 3. The van der Waals surface area contributed by atoms with Gasteiger partial charge < -0.3 is 14.2 Å². The minimum absolute atomic E-state index is 0.0154. The van der Waals surface area contributed by atoms with E-state index in [1.165, 1.54) is 25.3 Å². The van der Waals surface area contributed by atoms with Gasteiger partial charge in [0.1, 0.15) is 17.6 Å². The van der Waals surface area contributed by atoms with Gasteiger partial charge in [0.2, 0.25) is 10.0 Å². The van der Waals surface area contributed by atoms with Crippen molar-refractivity contribution in [3.63, 3.8) is 0 Å². The summed E-state index contributed by atoms with van der Waals surface area (Å²) < 4.78 is 79.4. The number of hydrogen-bond acceptors (Lipinski definition) is 5. The minimum atomic E-state index is -3.83. The van der Waals surface area contributed by atoms with Crippen LogP contribution in [0.15, 0.2) is 54.6 Å². The van der Waals surface area contributed by atoms with Crippen LogP contribution in [0, 0.1) is 5.82 Å². The molecule has 0 radical (unpaired) electrons. The molecule has 1 unspecified atom stereocenters. The Hall–Kier alpha value is -3.24. The number of fused-ring (bicyclic) bond motifs is 3. The highest BCUT2D eigenvalue weighted by Gasteiger charge is 2.32. The van der Waals surface area contributed by atoms with E-state index < -0.39 is 40.1 Å². The normalized spacial score (nSPS) is 15.0. The first-order chi connectivity index (χ1) is 15.2. The Kier molecular flexibility index (Phi) is 5.74. The van der Waals surface area contributed by atoms with Crippen molar-refractivity contribution >= 4 is 10.0 Å². The summed E-state index contributed by atoms with van der Waals surface area (Å²) >= 11 is 0. The van der Waals surface area contributed by atoms with Crippen LogP contribution in [0.5, 0.6) is 17.2 Å². The summed E-state index contributed by atoms with van der Waals surface area (Å²) in [7, 11) is -2.33. The van der Waals surface area contributed by atoms with Crippen molar-refractivity contribution in [1.29, 1.82) is 0 Å². The summed E-state index contributed by atoms with van der Waals surface area (Å²) in [6, 6.07) is 13.8. The Labute approximate surface area is 182 Å². The summed E-state index contributed by atoms with van der Waals surface area (Å²) in [5.74, 6) is -1.38. The molecule has 1 aliphatic rings. The molecule has 4 rings (SSSR count). The third-order valence-corrected chi connectivity index (χ3v) is 5.69. The molecule has 0 amide bonds. The van der Waals surface area contributed by atoms with E-state index in [-0.39, 0.29) is 11.3 Å². The molecule has 0 bridgehead atoms. The van der Waals surface area contributed by atoms with Crippen LogP contribution in [-0.2, 0) is 15.8 Å². The highest BCUT2D eigenvalue weighted by atomic mass is 32.2. The predicted molar refractivity (Wildman–Crippen MR) is 111 cm³/mol. The van der Waals surface area contributed by atoms with Crippen molar-refractivity contribution in [2.24, 2.45) is 5.14 Å². The Balaban J connectivity index is 1.94. The van der Waals surface area contributed by atoms with Gasteiger partial charge in [-0.15, -0.1) is 0 Å². The third kappa shape index (κ3) is 4.37. The van der Waals surface area contributed by atoms with Crippen molar-refractivity contribution in [3.8, 4) is 28.4 Å². The molecule has 0 aliphatic carbocycles. The summed E-state index contributed by atoms with van der Waals surface area (Å²) in [5, 5.41) is 5.17. The van der Waals surface area contributed by atoms with E-state index in [2.05, 4.69) is 4.74 Å². The molecule has 3 aromatic rings. The number of primary sulfonamides is 1. The lowest BCUT2D eigenvalue weighted by atomic mass is 9.88. The van der Waals surface area contributed by atoms with Crippen LogP contribution < -0.4 is 19.3 Å². The summed E-state index contributed by atoms with van der Waals surface area (Å²) in [4.78, 5) is 0. The number of hydrogen-bond donors (Lipinski definition) is 1. The number of rotatable bonds is 6. The molecule has 2 N–H and O–H groups in total. The highest BCUT2D eigenvalue weighted by molar-refractivity contribution is 7.88. The van der Waals surface area contributed by atoms with Crippen LogP contribution in [0.4, 0.5) is 13.2 Å². The maximum absolute atomic E-state index is 14.4. The smallest absolute Gasteiger partial charge is 0.387 e. The number of benzene rings is 3. The first kappa shape index (κ1) is 22.0. The molecule has 1 aliphatic heterocycles. The highest BCUT2D eigenvalue weighted by Crippen LogP contribution is 2.50. The second-order valence-corrected chi connectivity index (χ2v) is 8.75. The van der Waals surface area contributed by atoms with Gasteiger partial charge in [-0.25, -0.2) is 17.9 Å². The maximum atomic E-state index is 14.4. The lowest BCUT2D eigenvalue weighted by Gasteiger charge is -2.31. The van der Waals surface area contributed by atoms with Gasteiger partial charge >= 0.3 is 6.61 Å². The van der Waals surface area contributed by atoms with E-state index in [0.717, 1.165) is 6.07 Å². The molecule has 0 aromatic heterocycles. The standard InChI is InChI=1S/C22H18F3NO5S/c1-29-14-4-2-3-13(10-14)20-16-9-12(11-32(26,27)28)5-6-15(16)19-18(30-20)8-7-17(23)21(19)31-22(24)25/h2-10,20,22H,11H2,1H3,(H2,26,27,28). The van der Waals surface area contributed by atoms with Crippen molar-refractivity contribution in [3.05, 3.63) is 77.1 Å². The van der Waals surface area contributed by atoms with Crippen molar-refractivity contribution in [2.75, 3.05) is 7.11 Å². The van der Waals surface area contributed by atoms with E-state index >= 15 is 0 Å². The number of nitrogens with two attached hydrogens (primary N) is 1. The SMILES string of the molecule is COc1cccc(C2Oc3ccc(F)c(OC(F)F)c3-c3ccc(CS(N)(=O)=O)cc32)c1. The molecule has 3 aromatic carbocycles.